The van der Waals surface area contributed by atoms with Gasteiger partial charge >= 0.3 is 12.1 Å². The molecular formula is C29H22F3N5O7. The summed E-state index contributed by atoms with van der Waals surface area (Å²) in [5.74, 6) is -6.08. The highest BCUT2D eigenvalue weighted by Crippen LogP contribution is 2.42. The van der Waals surface area contributed by atoms with Crippen LogP contribution in [0.3, 0.4) is 0 Å². The Morgan fingerprint density at radius 3 is 2.20 bits per heavy atom. The van der Waals surface area contributed by atoms with E-state index in [4.69, 9.17) is 0 Å². The zero-order valence-corrected chi connectivity index (χ0v) is 22.9. The third-order valence-electron chi connectivity index (χ3n) is 7.81. The van der Waals surface area contributed by atoms with Gasteiger partial charge in [-0.05, 0) is 38.1 Å². The van der Waals surface area contributed by atoms with Crippen LogP contribution in [-0.4, -0.2) is 62.1 Å². The standard InChI is InChI=1S/C29H22F3N5O7/c1-34-13-19(18-7-6-16(37(42)43)12-22(18)34)23-24(27(40)36(26(23)39)44-28(41)29(30,31)32)20-14-35(21-5-3-2-4-17(20)21)25(38)15-8-10-33-11-9-15/h2-7,12-15,33H,8-11H2,1H3. The molecule has 226 valence electrons. The Labute approximate surface area is 245 Å². The number of fused-ring (bicyclic) bond motifs is 2. The highest BCUT2D eigenvalue weighted by molar-refractivity contribution is 6.50. The van der Waals surface area contributed by atoms with Crippen LogP contribution >= 0.6 is 0 Å². The third-order valence-corrected chi connectivity index (χ3v) is 7.81. The quantitative estimate of drug-likeness (QED) is 0.203. The summed E-state index contributed by atoms with van der Waals surface area (Å²) in [6.45, 7) is 1.26. The van der Waals surface area contributed by atoms with Gasteiger partial charge in [0.15, 0.2) is 0 Å². The highest BCUT2D eigenvalue weighted by Gasteiger charge is 2.49. The van der Waals surface area contributed by atoms with E-state index in [2.05, 4.69) is 10.2 Å². The Hall–Kier alpha value is -5.31. The topological polar surface area (TPSA) is 146 Å². The monoisotopic (exact) mass is 609 g/mol. The van der Waals surface area contributed by atoms with Crippen LogP contribution in [0, 0.1) is 16.0 Å². The molecule has 6 rings (SSSR count). The van der Waals surface area contributed by atoms with Crippen molar-refractivity contribution in [2.24, 2.45) is 13.0 Å². The lowest BCUT2D eigenvalue weighted by Gasteiger charge is -2.21. The molecule has 2 aromatic heterocycles. The van der Waals surface area contributed by atoms with Crippen molar-refractivity contribution < 1.29 is 42.1 Å². The van der Waals surface area contributed by atoms with Gasteiger partial charge in [-0.25, -0.2) is 4.79 Å². The average Bonchev–Trinajstić information content (AvgIpc) is 3.61. The van der Waals surface area contributed by atoms with Gasteiger partial charge < -0.3 is 14.7 Å². The number of carbonyl (C=O) groups is 4. The summed E-state index contributed by atoms with van der Waals surface area (Å²) in [4.78, 5) is 67.9. The maximum Gasteiger partial charge on any atom is 0.493 e. The number of nitrogens with zero attached hydrogens (tertiary/aromatic N) is 4. The fourth-order valence-corrected chi connectivity index (χ4v) is 5.74. The van der Waals surface area contributed by atoms with Crippen LogP contribution in [0.5, 0.6) is 0 Å². The molecule has 2 amide bonds. The van der Waals surface area contributed by atoms with Crippen LogP contribution in [0.15, 0.2) is 54.9 Å². The van der Waals surface area contributed by atoms with E-state index in [1.165, 1.54) is 46.8 Å². The van der Waals surface area contributed by atoms with Gasteiger partial charge in [0.1, 0.15) is 0 Å². The number of hydrogen-bond acceptors (Lipinski definition) is 8. The van der Waals surface area contributed by atoms with Crippen molar-refractivity contribution in [3.63, 3.8) is 0 Å². The zero-order valence-electron chi connectivity index (χ0n) is 22.9. The van der Waals surface area contributed by atoms with Gasteiger partial charge in [0.2, 0.25) is 5.91 Å². The molecule has 4 aromatic rings. The molecule has 4 heterocycles. The number of piperidine rings is 1. The number of nitro groups is 1. The zero-order chi connectivity index (χ0) is 31.5. The maximum atomic E-state index is 13.8. The van der Waals surface area contributed by atoms with E-state index in [0.717, 1.165) is 0 Å². The number of nitro benzene ring substituents is 1. The van der Waals surface area contributed by atoms with Crippen LogP contribution in [0.25, 0.3) is 33.0 Å². The highest BCUT2D eigenvalue weighted by atomic mass is 19.4. The summed E-state index contributed by atoms with van der Waals surface area (Å²) in [6, 6.07) is 10.3. The first-order chi connectivity index (χ1) is 20.9. The van der Waals surface area contributed by atoms with Crippen molar-refractivity contribution in [2.45, 2.75) is 19.0 Å². The Bertz CT molecular complexity index is 1950. The van der Waals surface area contributed by atoms with Crippen LogP contribution in [0.4, 0.5) is 18.9 Å². The number of hydroxylamine groups is 2. The Morgan fingerprint density at radius 1 is 0.955 bits per heavy atom. The molecule has 0 spiro atoms. The number of hydrogen-bond donors (Lipinski definition) is 1. The molecule has 0 bridgehead atoms. The number of nitrogens with one attached hydrogen (secondary N) is 1. The molecule has 0 radical (unpaired) electrons. The van der Waals surface area contributed by atoms with Gasteiger partial charge in [-0.3, -0.25) is 29.1 Å². The van der Waals surface area contributed by atoms with Gasteiger partial charge in [-0.15, -0.1) is 0 Å². The number of imide groups is 1. The van der Waals surface area contributed by atoms with Gasteiger partial charge in [-0.1, -0.05) is 23.3 Å². The SMILES string of the molecule is Cn1cc(C2=C(c3cn(C(=O)C4CCNCC4)c4ccccc34)C(=O)N(OC(=O)C(F)(F)F)C2=O)c2ccc([N+](=O)[O-])cc21. The minimum absolute atomic E-state index is 0.0535. The molecule has 1 N–H and O–H groups in total. The summed E-state index contributed by atoms with van der Waals surface area (Å²) in [7, 11) is 1.53. The lowest BCUT2D eigenvalue weighted by atomic mass is 9.95. The Balaban J connectivity index is 1.59. The molecule has 0 unspecified atom stereocenters. The normalized spacial score (nSPS) is 16.4. The van der Waals surface area contributed by atoms with E-state index in [0.29, 0.717) is 36.8 Å². The summed E-state index contributed by atoms with van der Waals surface area (Å²) >= 11 is 0. The summed E-state index contributed by atoms with van der Waals surface area (Å²) in [6.07, 6.45) is -1.63. The van der Waals surface area contributed by atoms with Gasteiger partial charge in [0, 0.05) is 59.4 Å². The van der Waals surface area contributed by atoms with Crippen molar-refractivity contribution in [2.75, 3.05) is 13.1 Å². The predicted octanol–water partition coefficient (Wildman–Crippen LogP) is 3.98. The van der Waals surface area contributed by atoms with E-state index in [1.54, 1.807) is 24.3 Å². The smallest absolute Gasteiger partial charge is 0.350 e. The van der Waals surface area contributed by atoms with Gasteiger partial charge in [0.25, 0.3) is 17.5 Å². The number of amides is 2. The number of carbonyl (C=O) groups excluding carboxylic acids is 4. The fraction of sp³-hybridized carbons (Fsp3) is 0.241. The van der Waals surface area contributed by atoms with Gasteiger partial charge in [-0.2, -0.15) is 13.2 Å². The molecule has 44 heavy (non-hydrogen) atoms. The number of non-ortho nitro benzene ring substituents is 1. The summed E-state index contributed by atoms with van der Waals surface area (Å²) in [5, 5.41) is 14.9. The molecule has 0 saturated carbocycles. The molecule has 2 aliphatic rings. The second-order valence-corrected chi connectivity index (χ2v) is 10.4. The molecule has 0 atom stereocenters. The number of aromatic nitrogens is 2. The second-order valence-electron chi connectivity index (χ2n) is 10.4. The summed E-state index contributed by atoms with van der Waals surface area (Å²) in [5.41, 5.74) is -0.259. The minimum atomic E-state index is -5.51. The largest absolute Gasteiger partial charge is 0.493 e. The minimum Gasteiger partial charge on any atom is -0.350 e. The van der Waals surface area contributed by atoms with Crippen LogP contribution in [0.1, 0.15) is 28.8 Å². The molecule has 0 aliphatic carbocycles. The van der Waals surface area contributed by atoms with E-state index in [9.17, 15) is 42.5 Å². The molecule has 1 fully saturated rings. The number of benzene rings is 2. The van der Waals surface area contributed by atoms with E-state index >= 15 is 0 Å². The van der Waals surface area contributed by atoms with E-state index < -0.39 is 40.0 Å². The molecule has 12 nitrogen and oxygen atoms in total. The molecule has 2 aromatic carbocycles. The van der Waals surface area contributed by atoms with Gasteiger partial charge in [0.05, 0.1) is 27.1 Å². The number of alkyl halides is 3. The van der Waals surface area contributed by atoms with E-state index in [1.807, 2.05) is 0 Å². The third kappa shape index (κ3) is 4.61. The fourth-order valence-electron chi connectivity index (χ4n) is 5.74. The van der Waals surface area contributed by atoms with Crippen molar-refractivity contribution in [3.8, 4) is 0 Å². The van der Waals surface area contributed by atoms with Crippen molar-refractivity contribution >= 4 is 62.3 Å². The predicted molar refractivity (Wildman–Crippen MR) is 149 cm³/mol. The number of rotatable bonds is 5. The van der Waals surface area contributed by atoms with Crippen molar-refractivity contribution in [3.05, 3.63) is 76.1 Å². The first kappa shape index (κ1) is 28.8. The number of halogens is 3. The van der Waals surface area contributed by atoms with Crippen LogP contribution in [0.2, 0.25) is 0 Å². The summed E-state index contributed by atoms with van der Waals surface area (Å²) < 4.78 is 42.3. The lowest BCUT2D eigenvalue weighted by molar-refractivity contribution is -0.384. The van der Waals surface area contributed by atoms with Crippen molar-refractivity contribution in [1.29, 1.82) is 0 Å². The molecule has 15 heteroatoms. The first-order valence-corrected chi connectivity index (χ1v) is 13.4. The number of para-hydroxylation sites is 1. The van der Waals surface area contributed by atoms with Crippen molar-refractivity contribution in [1.82, 2.24) is 19.5 Å². The van der Waals surface area contributed by atoms with Crippen LogP contribution in [-0.2, 0) is 26.3 Å². The average molecular weight is 610 g/mol. The number of aryl methyl sites for hydroxylation is 1. The van der Waals surface area contributed by atoms with E-state index in [-0.39, 0.29) is 44.6 Å². The first-order valence-electron chi connectivity index (χ1n) is 13.4. The Kier molecular flexibility index (Phi) is 6.84. The molecular weight excluding hydrogens is 587 g/mol. The lowest BCUT2D eigenvalue weighted by Crippen LogP contribution is -2.39. The van der Waals surface area contributed by atoms with Crippen LogP contribution < -0.4 is 5.32 Å². The molecule has 2 aliphatic heterocycles. The second kappa shape index (κ2) is 10.4. The Morgan fingerprint density at radius 2 is 1.57 bits per heavy atom. The molecule has 1 saturated heterocycles. The maximum absolute atomic E-state index is 13.8.